The number of para-hydroxylation sites is 1. The zero-order valence-electron chi connectivity index (χ0n) is 23.2. The van der Waals surface area contributed by atoms with Gasteiger partial charge in [0.05, 0.1) is 10.6 Å². The molecule has 0 saturated carbocycles. The van der Waals surface area contributed by atoms with Crippen LogP contribution in [0.1, 0.15) is 45.2 Å². The number of hydrogen-bond acceptors (Lipinski definition) is 4. The Morgan fingerprint density at radius 2 is 1.44 bits per heavy atom. The summed E-state index contributed by atoms with van der Waals surface area (Å²) in [6.07, 6.45) is 1.53. The molecule has 0 aliphatic carbocycles. The van der Waals surface area contributed by atoms with Crippen LogP contribution in [-0.4, -0.2) is 50.3 Å². The van der Waals surface area contributed by atoms with Crippen LogP contribution in [0.25, 0.3) is 0 Å². The minimum Gasteiger partial charge on any atom is -0.352 e. The molecule has 3 aromatic carbocycles. The number of hydrogen-bond donors (Lipinski definition) is 1. The summed E-state index contributed by atoms with van der Waals surface area (Å²) in [7, 11) is -4.07. The van der Waals surface area contributed by atoms with Crippen molar-refractivity contribution < 1.29 is 18.0 Å². The number of rotatable bonds is 13. The molecule has 0 radical (unpaired) electrons. The van der Waals surface area contributed by atoms with E-state index < -0.39 is 28.5 Å². The van der Waals surface area contributed by atoms with Crippen LogP contribution in [0.15, 0.2) is 89.8 Å². The maximum absolute atomic E-state index is 14.1. The number of sulfonamides is 1. The molecule has 0 spiro atoms. The lowest BCUT2D eigenvalue weighted by molar-refractivity contribution is -0.139. The maximum Gasteiger partial charge on any atom is 0.264 e. The fourth-order valence-electron chi connectivity index (χ4n) is 4.56. The third kappa shape index (κ3) is 7.69. The Morgan fingerprint density at radius 3 is 2.03 bits per heavy atom. The van der Waals surface area contributed by atoms with Crippen LogP contribution in [0.5, 0.6) is 0 Å². The number of carbonyl (C=O) groups is 2. The van der Waals surface area contributed by atoms with Gasteiger partial charge in [0.15, 0.2) is 0 Å². The second kappa shape index (κ2) is 13.9. The van der Waals surface area contributed by atoms with Crippen LogP contribution in [0, 0.1) is 0 Å². The van der Waals surface area contributed by atoms with Crippen molar-refractivity contribution in [1.82, 2.24) is 10.2 Å². The molecule has 1 N–H and O–H groups in total. The van der Waals surface area contributed by atoms with Crippen LogP contribution >= 0.6 is 0 Å². The van der Waals surface area contributed by atoms with Crippen molar-refractivity contribution in [3.63, 3.8) is 0 Å². The zero-order chi connectivity index (χ0) is 28.4. The van der Waals surface area contributed by atoms with Crippen LogP contribution in [-0.2, 0) is 32.5 Å². The number of anilines is 1. The molecule has 0 aliphatic rings. The molecule has 0 aromatic heterocycles. The highest BCUT2D eigenvalue weighted by molar-refractivity contribution is 7.92. The van der Waals surface area contributed by atoms with Crippen molar-refractivity contribution in [2.24, 2.45) is 0 Å². The quantitative estimate of drug-likeness (QED) is 0.331. The van der Waals surface area contributed by atoms with E-state index in [-0.39, 0.29) is 23.4 Å². The predicted molar refractivity (Wildman–Crippen MR) is 156 cm³/mol. The molecule has 0 heterocycles. The van der Waals surface area contributed by atoms with Gasteiger partial charge >= 0.3 is 0 Å². The van der Waals surface area contributed by atoms with E-state index in [2.05, 4.69) is 5.32 Å². The minimum atomic E-state index is -4.07. The highest BCUT2D eigenvalue weighted by Crippen LogP contribution is 2.28. The molecule has 2 amide bonds. The third-order valence-electron chi connectivity index (χ3n) is 6.55. The van der Waals surface area contributed by atoms with Gasteiger partial charge in [-0.25, -0.2) is 8.42 Å². The molecule has 1 atom stereocenters. The van der Waals surface area contributed by atoms with Gasteiger partial charge in [0.25, 0.3) is 10.0 Å². The second-order valence-corrected chi connectivity index (χ2v) is 11.6. The first kappa shape index (κ1) is 29.9. The van der Waals surface area contributed by atoms with Gasteiger partial charge in [0.1, 0.15) is 12.6 Å². The Hall–Kier alpha value is -3.65. The zero-order valence-corrected chi connectivity index (χ0v) is 24.0. The van der Waals surface area contributed by atoms with E-state index in [0.717, 1.165) is 11.1 Å². The van der Waals surface area contributed by atoms with Crippen LogP contribution in [0.2, 0.25) is 0 Å². The Morgan fingerprint density at radius 1 is 0.846 bits per heavy atom. The van der Waals surface area contributed by atoms with E-state index in [1.165, 1.54) is 21.3 Å². The lowest BCUT2D eigenvalue weighted by Crippen LogP contribution is -2.54. The SMILES string of the molecule is CCc1ccccc1N(CC(=O)N(CCc1ccccc1)[C@@H](CC)C(=O)NC(C)C)S(=O)(=O)c1ccccc1. The average Bonchev–Trinajstić information content (AvgIpc) is 2.94. The van der Waals surface area contributed by atoms with Crippen molar-refractivity contribution in [2.75, 3.05) is 17.4 Å². The number of aryl methyl sites for hydroxylation is 1. The lowest BCUT2D eigenvalue weighted by Gasteiger charge is -2.34. The fraction of sp³-hybridized carbons (Fsp3) is 0.355. The lowest BCUT2D eigenvalue weighted by atomic mass is 10.1. The van der Waals surface area contributed by atoms with Crippen molar-refractivity contribution in [3.05, 3.63) is 96.1 Å². The summed E-state index contributed by atoms with van der Waals surface area (Å²) in [6, 6.07) is 24.3. The number of benzene rings is 3. The molecule has 7 nitrogen and oxygen atoms in total. The summed E-state index contributed by atoms with van der Waals surface area (Å²) in [5, 5.41) is 2.92. The molecule has 3 rings (SSSR count). The molecule has 0 fully saturated rings. The first-order valence-electron chi connectivity index (χ1n) is 13.5. The number of carbonyl (C=O) groups excluding carboxylic acids is 2. The summed E-state index contributed by atoms with van der Waals surface area (Å²) in [6.45, 7) is 7.41. The smallest absolute Gasteiger partial charge is 0.264 e. The number of nitrogens with zero attached hydrogens (tertiary/aromatic N) is 2. The average molecular weight is 550 g/mol. The van der Waals surface area contributed by atoms with Gasteiger partial charge in [-0.3, -0.25) is 13.9 Å². The summed E-state index contributed by atoms with van der Waals surface area (Å²) in [5.41, 5.74) is 2.30. The maximum atomic E-state index is 14.1. The molecule has 0 unspecified atom stereocenters. The molecule has 0 saturated heterocycles. The summed E-state index contributed by atoms with van der Waals surface area (Å²) < 4.78 is 29.1. The molecule has 208 valence electrons. The van der Waals surface area contributed by atoms with E-state index in [0.29, 0.717) is 24.9 Å². The van der Waals surface area contributed by atoms with E-state index in [1.54, 1.807) is 30.3 Å². The van der Waals surface area contributed by atoms with Gasteiger partial charge in [0.2, 0.25) is 11.8 Å². The monoisotopic (exact) mass is 549 g/mol. The van der Waals surface area contributed by atoms with Crippen LogP contribution in [0.4, 0.5) is 5.69 Å². The van der Waals surface area contributed by atoms with E-state index in [9.17, 15) is 18.0 Å². The van der Waals surface area contributed by atoms with Gasteiger partial charge in [-0.1, -0.05) is 80.6 Å². The van der Waals surface area contributed by atoms with Gasteiger partial charge in [0, 0.05) is 12.6 Å². The summed E-state index contributed by atoms with van der Waals surface area (Å²) >= 11 is 0. The van der Waals surface area contributed by atoms with Crippen molar-refractivity contribution in [3.8, 4) is 0 Å². The number of amides is 2. The van der Waals surface area contributed by atoms with Crippen molar-refractivity contribution in [1.29, 1.82) is 0 Å². The Kier molecular flexibility index (Phi) is 10.7. The third-order valence-corrected chi connectivity index (χ3v) is 8.33. The molecular weight excluding hydrogens is 510 g/mol. The van der Waals surface area contributed by atoms with Gasteiger partial charge in [-0.2, -0.15) is 0 Å². The van der Waals surface area contributed by atoms with Crippen LogP contribution in [0.3, 0.4) is 0 Å². The van der Waals surface area contributed by atoms with Crippen molar-refractivity contribution >= 4 is 27.5 Å². The van der Waals surface area contributed by atoms with Crippen LogP contribution < -0.4 is 9.62 Å². The summed E-state index contributed by atoms with van der Waals surface area (Å²) in [5.74, 6) is -0.678. The largest absolute Gasteiger partial charge is 0.352 e. The first-order chi connectivity index (χ1) is 18.7. The van der Waals surface area contributed by atoms with E-state index in [4.69, 9.17) is 0 Å². The molecule has 0 aliphatic heterocycles. The molecular formula is C31H39N3O4S. The fourth-order valence-corrected chi connectivity index (χ4v) is 6.04. The van der Waals surface area contributed by atoms with Gasteiger partial charge in [-0.15, -0.1) is 0 Å². The highest BCUT2D eigenvalue weighted by atomic mass is 32.2. The minimum absolute atomic E-state index is 0.0935. The Bertz CT molecular complexity index is 1330. The molecule has 8 heteroatoms. The topological polar surface area (TPSA) is 86.8 Å². The standard InChI is InChI=1S/C31H39N3O4S/c1-5-26-17-13-14-20-29(26)34(39(37,38)27-18-11-8-12-19-27)23-30(35)33(22-21-25-15-9-7-10-16-25)28(6-2)31(36)32-24(3)4/h7-20,24,28H,5-6,21-23H2,1-4H3,(H,32,36)/t28-/m0/s1. The van der Waals surface area contributed by atoms with E-state index in [1.807, 2.05) is 70.2 Å². The van der Waals surface area contributed by atoms with Gasteiger partial charge < -0.3 is 10.2 Å². The molecule has 3 aromatic rings. The first-order valence-corrected chi connectivity index (χ1v) is 14.9. The second-order valence-electron chi connectivity index (χ2n) is 9.72. The normalized spacial score (nSPS) is 12.1. The summed E-state index contributed by atoms with van der Waals surface area (Å²) in [4.78, 5) is 28.9. The Balaban J connectivity index is 2.03. The Labute approximate surface area is 232 Å². The molecule has 0 bridgehead atoms. The van der Waals surface area contributed by atoms with E-state index >= 15 is 0 Å². The predicted octanol–water partition coefficient (Wildman–Crippen LogP) is 4.82. The number of nitrogens with one attached hydrogen (secondary N) is 1. The molecule has 39 heavy (non-hydrogen) atoms. The van der Waals surface area contributed by atoms with Gasteiger partial charge in [-0.05, 0) is 62.4 Å². The highest BCUT2D eigenvalue weighted by Gasteiger charge is 2.34. The van der Waals surface area contributed by atoms with Crippen molar-refractivity contribution in [2.45, 2.75) is 63.9 Å².